The first-order chi connectivity index (χ1) is 8.27. The van der Waals surface area contributed by atoms with Gasteiger partial charge < -0.3 is 40.2 Å². The maximum absolute atomic E-state index is 9.14. The first-order valence-corrected chi connectivity index (χ1v) is 4.88. The summed E-state index contributed by atoms with van der Waals surface area (Å²) in [4.78, 5) is 0. The van der Waals surface area contributed by atoms with Gasteiger partial charge in [-0.15, -0.1) is 0 Å². The van der Waals surface area contributed by atoms with E-state index in [-0.39, 0.29) is 0 Å². The average molecular weight is 253 g/mol. The van der Waals surface area contributed by atoms with Gasteiger partial charge in [0.2, 0.25) is 0 Å². The van der Waals surface area contributed by atoms with Gasteiger partial charge in [0.25, 0.3) is 0 Å². The van der Waals surface area contributed by atoms with E-state index in [0.29, 0.717) is 0 Å². The zero-order valence-corrected chi connectivity index (χ0v) is 9.04. The third-order valence-corrected chi connectivity index (χ3v) is 2.43. The highest BCUT2D eigenvalue weighted by Gasteiger charge is 2.34. The molecule has 0 saturated carbocycles. The van der Waals surface area contributed by atoms with Crippen LogP contribution in [0, 0.1) is 0 Å². The van der Waals surface area contributed by atoms with Crippen LogP contribution in [0.4, 0.5) is 0 Å². The fraction of sp³-hybridized carbons (Fsp3) is 0. The SMILES string of the molecule is OB(O)c1ccc(B(O)O)c(B(O)O)c1B(O)O. The van der Waals surface area contributed by atoms with Crippen LogP contribution in [0.25, 0.3) is 0 Å². The molecule has 8 N–H and O–H groups in total. The van der Waals surface area contributed by atoms with Crippen molar-refractivity contribution >= 4 is 50.3 Å². The maximum Gasteiger partial charge on any atom is 0.488 e. The van der Waals surface area contributed by atoms with Crippen molar-refractivity contribution < 1.29 is 40.2 Å². The molecule has 0 atom stereocenters. The lowest BCUT2D eigenvalue weighted by Crippen LogP contribution is -2.66. The molecule has 8 nitrogen and oxygen atoms in total. The van der Waals surface area contributed by atoms with Gasteiger partial charge in [0.1, 0.15) is 0 Å². The normalized spacial score (nSPS) is 10.2. The van der Waals surface area contributed by atoms with Crippen LogP contribution in [-0.4, -0.2) is 68.7 Å². The summed E-state index contributed by atoms with van der Waals surface area (Å²) in [6.07, 6.45) is 0. The van der Waals surface area contributed by atoms with Crippen LogP contribution < -0.4 is 21.9 Å². The van der Waals surface area contributed by atoms with E-state index in [1.807, 2.05) is 0 Å². The third-order valence-electron chi connectivity index (χ3n) is 2.43. The predicted octanol–water partition coefficient (Wildman–Crippen LogP) is -7.59. The van der Waals surface area contributed by atoms with E-state index in [0.717, 1.165) is 12.1 Å². The monoisotopic (exact) mass is 254 g/mol. The van der Waals surface area contributed by atoms with Crippen LogP contribution in [0.15, 0.2) is 12.1 Å². The van der Waals surface area contributed by atoms with Crippen LogP contribution in [0.3, 0.4) is 0 Å². The van der Waals surface area contributed by atoms with Crippen molar-refractivity contribution in [1.82, 2.24) is 0 Å². The Morgan fingerprint density at radius 3 is 0.944 bits per heavy atom. The van der Waals surface area contributed by atoms with Crippen LogP contribution in [0.5, 0.6) is 0 Å². The van der Waals surface area contributed by atoms with Crippen molar-refractivity contribution in [3.05, 3.63) is 12.1 Å². The number of benzene rings is 1. The molecule has 1 aromatic carbocycles. The first kappa shape index (κ1) is 15.2. The Morgan fingerprint density at radius 2 is 0.778 bits per heavy atom. The fourth-order valence-electron chi connectivity index (χ4n) is 1.70. The molecule has 18 heavy (non-hydrogen) atoms. The molecule has 0 radical (unpaired) electrons. The summed E-state index contributed by atoms with van der Waals surface area (Å²) in [5.41, 5.74) is -1.99. The largest absolute Gasteiger partial charge is 0.488 e. The molecule has 0 aliphatic carbocycles. The molecule has 0 unspecified atom stereocenters. The van der Waals surface area contributed by atoms with Gasteiger partial charge in [-0.25, -0.2) is 0 Å². The van der Waals surface area contributed by atoms with E-state index in [1.54, 1.807) is 0 Å². The van der Waals surface area contributed by atoms with Crippen molar-refractivity contribution in [2.45, 2.75) is 0 Å². The predicted molar refractivity (Wildman–Crippen MR) is 65.7 cm³/mol. The lowest BCUT2D eigenvalue weighted by Gasteiger charge is -2.17. The van der Waals surface area contributed by atoms with Gasteiger partial charge in [-0.2, -0.15) is 0 Å². The summed E-state index contributed by atoms with van der Waals surface area (Å²) < 4.78 is 0. The van der Waals surface area contributed by atoms with Crippen LogP contribution in [0.1, 0.15) is 0 Å². The van der Waals surface area contributed by atoms with Crippen LogP contribution in [-0.2, 0) is 0 Å². The molecule has 0 fully saturated rings. The van der Waals surface area contributed by atoms with Crippen molar-refractivity contribution in [2.24, 2.45) is 0 Å². The van der Waals surface area contributed by atoms with Crippen LogP contribution in [0.2, 0.25) is 0 Å². The van der Waals surface area contributed by atoms with Crippen molar-refractivity contribution in [3.63, 3.8) is 0 Å². The summed E-state index contributed by atoms with van der Waals surface area (Å²) in [5.74, 6) is 0. The highest BCUT2D eigenvalue weighted by Crippen LogP contribution is 1.85. The minimum atomic E-state index is -2.25. The molecule has 0 amide bonds. The molecule has 0 aliphatic heterocycles. The number of hydrogen-bond acceptors (Lipinski definition) is 8. The summed E-state index contributed by atoms with van der Waals surface area (Å²) in [7, 11) is -8.69. The van der Waals surface area contributed by atoms with Gasteiger partial charge in [0.15, 0.2) is 0 Å². The standard InChI is InChI=1S/C6H10B4O8/c11-7(12)3-1-2-4(8(13)14)6(10(17)18)5(3)9(15)16/h1-2,11-18H. The molecule has 0 aliphatic rings. The summed E-state index contributed by atoms with van der Waals surface area (Å²) in [6, 6.07) is 2.00. The van der Waals surface area contributed by atoms with E-state index < -0.39 is 50.3 Å². The van der Waals surface area contributed by atoms with Gasteiger partial charge in [-0.1, -0.05) is 12.1 Å². The first-order valence-electron chi connectivity index (χ1n) is 4.88. The number of rotatable bonds is 4. The average Bonchev–Trinajstić information content (AvgIpc) is 2.26. The molecule has 94 valence electrons. The van der Waals surface area contributed by atoms with E-state index in [9.17, 15) is 0 Å². The second-order valence-electron chi connectivity index (χ2n) is 3.57. The van der Waals surface area contributed by atoms with Gasteiger partial charge in [-0.3, -0.25) is 0 Å². The van der Waals surface area contributed by atoms with Crippen molar-refractivity contribution in [2.75, 3.05) is 0 Å². The van der Waals surface area contributed by atoms with E-state index >= 15 is 0 Å². The molecule has 0 heterocycles. The van der Waals surface area contributed by atoms with Gasteiger partial charge >= 0.3 is 28.5 Å². The fourth-order valence-corrected chi connectivity index (χ4v) is 1.70. The lowest BCUT2D eigenvalue weighted by atomic mass is 9.53. The van der Waals surface area contributed by atoms with E-state index in [2.05, 4.69) is 0 Å². The summed E-state index contributed by atoms with van der Waals surface area (Å²) in [6.45, 7) is 0. The maximum atomic E-state index is 9.14. The van der Waals surface area contributed by atoms with Crippen molar-refractivity contribution in [1.29, 1.82) is 0 Å². The second kappa shape index (κ2) is 5.87. The quantitative estimate of drug-likeness (QED) is 0.245. The molecule has 1 aromatic rings. The minimum absolute atomic E-state index is 0.391. The Kier molecular flexibility index (Phi) is 4.96. The molecular formula is C6H10B4O8. The molecular weight excluding hydrogens is 243 g/mol. The molecule has 1 rings (SSSR count). The highest BCUT2D eigenvalue weighted by molar-refractivity contribution is 6.82. The lowest BCUT2D eigenvalue weighted by molar-refractivity contribution is 0.414. The summed E-state index contributed by atoms with van der Waals surface area (Å²) >= 11 is 0. The molecule has 0 spiro atoms. The van der Waals surface area contributed by atoms with Crippen LogP contribution >= 0.6 is 0 Å². The Balaban J connectivity index is 3.60. The molecule has 0 saturated heterocycles. The smallest absolute Gasteiger partial charge is 0.423 e. The Labute approximate surface area is 103 Å². The van der Waals surface area contributed by atoms with E-state index in [1.165, 1.54) is 0 Å². The minimum Gasteiger partial charge on any atom is -0.423 e. The number of hydrogen-bond donors (Lipinski definition) is 8. The Bertz CT molecular complexity index is 383. The Hall–Kier alpha value is -0.840. The molecule has 0 bridgehead atoms. The van der Waals surface area contributed by atoms with Gasteiger partial charge in [-0.05, 0) is 21.9 Å². The van der Waals surface area contributed by atoms with E-state index in [4.69, 9.17) is 40.2 Å². The molecule has 12 heteroatoms. The van der Waals surface area contributed by atoms with Gasteiger partial charge in [0.05, 0.1) is 0 Å². The summed E-state index contributed by atoms with van der Waals surface area (Å²) in [5, 5.41) is 72.7. The topological polar surface area (TPSA) is 162 Å². The molecule has 0 aromatic heterocycles. The highest BCUT2D eigenvalue weighted by atomic mass is 16.4. The Morgan fingerprint density at radius 1 is 0.500 bits per heavy atom. The third kappa shape index (κ3) is 2.94. The second-order valence-corrected chi connectivity index (χ2v) is 3.57. The zero-order valence-electron chi connectivity index (χ0n) is 9.04. The van der Waals surface area contributed by atoms with Crippen molar-refractivity contribution in [3.8, 4) is 0 Å². The van der Waals surface area contributed by atoms with Gasteiger partial charge in [0, 0.05) is 0 Å². The zero-order chi connectivity index (χ0) is 14.0.